The fourth-order valence-corrected chi connectivity index (χ4v) is 5.54. The molecular formula is C18H25FN2O3S. The molecule has 2 heterocycles. The summed E-state index contributed by atoms with van der Waals surface area (Å²) in [5.74, 6) is -0.547. The summed E-state index contributed by atoms with van der Waals surface area (Å²) in [6.07, 6.45) is 4.57. The van der Waals surface area contributed by atoms with E-state index in [2.05, 4.69) is 0 Å². The Kier molecular flexibility index (Phi) is 5.43. The van der Waals surface area contributed by atoms with Crippen molar-refractivity contribution in [1.82, 2.24) is 9.21 Å². The Labute approximate surface area is 148 Å². The molecule has 0 N–H and O–H groups in total. The number of piperidine rings is 1. The molecule has 7 heteroatoms. The first-order chi connectivity index (χ1) is 11.9. The minimum atomic E-state index is -3.86. The SMILES string of the molecule is Cc1ccc(S(=O)(=O)N2CCCC[C@@H]2CCN2CCCC2=O)c(F)c1. The van der Waals surface area contributed by atoms with Gasteiger partial charge in [-0.1, -0.05) is 12.5 Å². The molecular weight excluding hydrogens is 343 g/mol. The second kappa shape index (κ2) is 7.41. The minimum Gasteiger partial charge on any atom is -0.343 e. The topological polar surface area (TPSA) is 57.7 Å². The smallest absolute Gasteiger partial charge is 0.246 e. The highest BCUT2D eigenvalue weighted by Crippen LogP contribution is 2.29. The van der Waals surface area contributed by atoms with Gasteiger partial charge in [0, 0.05) is 32.1 Å². The van der Waals surface area contributed by atoms with Crippen LogP contribution in [-0.4, -0.2) is 49.2 Å². The van der Waals surface area contributed by atoms with Gasteiger partial charge in [0.05, 0.1) is 0 Å². The van der Waals surface area contributed by atoms with Gasteiger partial charge in [-0.15, -0.1) is 0 Å². The van der Waals surface area contributed by atoms with E-state index >= 15 is 0 Å². The van der Waals surface area contributed by atoms with Crippen LogP contribution < -0.4 is 0 Å². The second-order valence-corrected chi connectivity index (χ2v) is 8.83. The van der Waals surface area contributed by atoms with Crippen LogP contribution in [0, 0.1) is 12.7 Å². The molecule has 1 aromatic rings. The van der Waals surface area contributed by atoms with Gasteiger partial charge < -0.3 is 4.90 Å². The number of amides is 1. The van der Waals surface area contributed by atoms with Gasteiger partial charge in [-0.25, -0.2) is 12.8 Å². The number of benzene rings is 1. The Balaban J connectivity index is 1.78. The van der Waals surface area contributed by atoms with Crippen molar-refractivity contribution in [2.75, 3.05) is 19.6 Å². The maximum Gasteiger partial charge on any atom is 0.246 e. The van der Waals surface area contributed by atoms with Gasteiger partial charge in [0.2, 0.25) is 15.9 Å². The number of likely N-dealkylation sites (tertiary alicyclic amines) is 1. The molecule has 1 aromatic carbocycles. The molecule has 2 aliphatic rings. The molecule has 3 rings (SSSR count). The summed E-state index contributed by atoms with van der Waals surface area (Å²) in [5.41, 5.74) is 0.694. The molecule has 0 spiro atoms. The maximum absolute atomic E-state index is 14.3. The number of hydrogen-bond acceptors (Lipinski definition) is 3. The van der Waals surface area contributed by atoms with Crippen molar-refractivity contribution in [2.24, 2.45) is 0 Å². The summed E-state index contributed by atoms with van der Waals surface area (Å²) in [4.78, 5) is 13.3. The summed E-state index contributed by atoms with van der Waals surface area (Å²) < 4.78 is 41.7. The van der Waals surface area contributed by atoms with Gasteiger partial charge in [0.15, 0.2) is 0 Å². The summed E-state index contributed by atoms with van der Waals surface area (Å²) in [6.45, 7) is 3.47. The number of nitrogens with zero attached hydrogens (tertiary/aromatic N) is 2. The first-order valence-corrected chi connectivity index (χ1v) is 10.4. The van der Waals surface area contributed by atoms with Crippen LogP contribution in [0.1, 0.15) is 44.1 Å². The van der Waals surface area contributed by atoms with Crippen molar-refractivity contribution in [2.45, 2.75) is 56.4 Å². The first-order valence-electron chi connectivity index (χ1n) is 8.95. The van der Waals surface area contributed by atoms with E-state index in [0.29, 0.717) is 31.5 Å². The Hall–Kier alpha value is -1.47. The lowest BCUT2D eigenvalue weighted by molar-refractivity contribution is -0.127. The number of aryl methyl sites for hydroxylation is 1. The van der Waals surface area contributed by atoms with Crippen molar-refractivity contribution < 1.29 is 17.6 Å². The van der Waals surface area contributed by atoms with Crippen LogP contribution in [0.5, 0.6) is 0 Å². The zero-order valence-corrected chi connectivity index (χ0v) is 15.4. The Morgan fingerprint density at radius 2 is 2.00 bits per heavy atom. The average Bonchev–Trinajstić information content (AvgIpc) is 2.98. The van der Waals surface area contributed by atoms with Crippen molar-refractivity contribution in [1.29, 1.82) is 0 Å². The molecule has 1 amide bonds. The molecule has 0 aromatic heterocycles. The standard InChI is InChI=1S/C18H25FN2O3S/c1-14-7-8-17(16(19)13-14)25(23,24)21-11-3-2-5-15(21)9-12-20-10-4-6-18(20)22/h7-8,13,15H,2-6,9-12H2,1H3/t15-/m1/s1. The number of carbonyl (C=O) groups is 1. The van der Waals surface area contributed by atoms with E-state index in [1.165, 1.54) is 16.4 Å². The average molecular weight is 368 g/mol. The van der Waals surface area contributed by atoms with Crippen molar-refractivity contribution in [3.05, 3.63) is 29.6 Å². The lowest BCUT2D eigenvalue weighted by Crippen LogP contribution is -2.45. The summed E-state index contributed by atoms with van der Waals surface area (Å²) in [7, 11) is -3.86. The molecule has 2 fully saturated rings. The molecule has 2 saturated heterocycles. The molecule has 2 aliphatic heterocycles. The van der Waals surface area contributed by atoms with Crippen LogP contribution in [0.2, 0.25) is 0 Å². The summed E-state index contributed by atoms with van der Waals surface area (Å²) in [6, 6.07) is 4.07. The number of sulfonamides is 1. The molecule has 0 saturated carbocycles. The second-order valence-electron chi connectivity index (χ2n) is 6.97. The number of hydrogen-bond donors (Lipinski definition) is 0. The van der Waals surface area contributed by atoms with E-state index in [4.69, 9.17) is 0 Å². The first kappa shape index (κ1) is 18.3. The van der Waals surface area contributed by atoms with Crippen LogP contribution in [0.4, 0.5) is 4.39 Å². The monoisotopic (exact) mass is 368 g/mol. The fraction of sp³-hybridized carbons (Fsp3) is 0.611. The third kappa shape index (κ3) is 3.87. The Morgan fingerprint density at radius 1 is 1.20 bits per heavy atom. The molecule has 0 unspecified atom stereocenters. The van der Waals surface area contributed by atoms with Crippen LogP contribution in [-0.2, 0) is 14.8 Å². The predicted molar refractivity (Wildman–Crippen MR) is 93.1 cm³/mol. The van der Waals surface area contributed by atoms with E-state index in [1.807, 2.05) is 4.90 Å². The van der Waals surface area contributed by atoms with Gasteiger partial charge >= 0.3 is 0 Å². The number of halogens is 1. The number of rotatable bonds is 5. The van der Waals surface area contributed by atoms with Gasteiger partial charge in [0.1, 0.15) is 10.7 Å². The quantitative estimate of drug-likeness (QED) is 0.803. The molecule has 0 bridgehead atoms. The highest BCUT2D eigenvalue weighted by Gasteiger charge is 2.35. The zero-order valence-electron chi connectivity index (χ0n) is 14.6. The molecule has 25 heavy (non-hydrogen) atoms. The van der Waals surface area contributed by atoms with Gasteiger partial charge in [-0.05, 0) is 50.3 Å². The molecule has 5 nitrogen and oxygen atoms in total. The molecule has 0 aliphatic carbocycles. The highest BCUT2D eigenvalue weighted by atomic mass is 32.2. The Morgan fingerprint density at radius 3 is 2.68 bits per heavy atom. The minimum absolute atomic E-state index is 0.148. The third-order valence-corrected chi connectivity index (χ3v) is 7.14. The predicted octanol–water partition coefficient (Wildman–Crippen LogP) is 2.69. The Bertz CT molecular complexity index is 751. The molecule has 1 atom stereocenters. The zero-order chi connectivity index (χ0) is 18.0. The van der Waals surface area contributed by atoms with Crippen LogP contribution >= 0.6 is 0 Å². The third-order valence-electron chi connectivity index (χ3n) is 5.15. The van der Waals surface area contributed by atoms with Crippen LogP contribution in [0.25, 0.3) is 0 Å². The highest BCUT2D eigenvalue weighted by molar-refractivity contribution is 7.89. The van der Waals surface area contributed by atoms with Crippen molar-refractivity contribution in [3.8, 4) is 0 Å². The largest absolute Gasteiger partial charge is 0.343 e. The lowest BCUT2D eigenvalue weighted by Gasteiger charge is -2.35. The van der Waals surface area contributed by atoms with Gasteiger partial charge in [-0.3, -0.25) is 4.79 Å². The van der Waals surface area contributed by atoms with Crippen LogP contribution in [0.15, 0.2) is 23.1 Å². The molecule has 0 radical (unpaired) electrons. The van der Waals surface area contributed by atoms with Crippen LogP contribution in [0.3, 0.4) is 0 Å². The summed E-state index contributed by atoms with van der Waals surface area (Å²) >= 11 is 0. The maximum atomic E-state index is 14.3. The van der Waals surface area contributed by atoms with Crippen molar-refractivity contribution >= 4 is 15.9 Å². The van der Waals surface area contributed by atoms with E-state index in [1.54, 1.807) is 13.0 Å². The molecule has 138 valence electrons. The van der Waals surface area contributed by atoms with E-state index in [-0.39, 0.29) is 16.8 Å². The van der Waals surface area contributed by atoms with E-state index in [9.17, 15) is 17.6 Å². The van der Waals surface area contributed by atoms with Crippen molar-refractivity contribution in [3.63, 3.8) is 0 Å². The lowest BCUT2D eigenvalue weighted by atomic mass is 10.0. The fourth-order valence-electron chi connectivity index (χ4n) is 3.77. The summed E-state index contributed by atoms with van der Waals surface area (Å²) in [5, 5.41) is 0. The number of carbonyl (C=O) groups excluding carboxylic acids is 1. The van der Waals surface area contributed by atoms with E-state index in [0.717, 1.165) is 32.2 Å². The van der Waals surface area contributed by atoms with E-state index < -0.39 is 15.8 Å². The van der Waals surface area contributed by atoms with Gasteiger partial charge in [-0.2, -0.15) is 4.31 Å². The van der Waals surface area contributed by atoms with Gasteiger partial charge in [0.25, 0.3) is 0 Å². The normalized spacial score (nSPS) is 22.6.